The number of halogens is 1. The number of aliphatic carboxylic acids is 1. The number of hydrogen-bond acceptors (Lipinski definition) is 7. The summed E-state index contributed by atoms with van der Waals surface area (Å²) in [4.78, 5) is 59.5. The number of phenols is 1. The van der Waals surface area contributed by atoms with Crippen molar-refractivity contribution in [3.63, 3.8) is 0 Å². The van der Waals surface area contributed by atoms with Gasteiger partial charge >= 0.3 is 18.1 Å². The fourth-order valence-electron chi connectivity index (χ4n) is 7.79. The van der Waals surface area contributed by atoms with Gasteiger partial charge in [-0.05, 0) is 109 Å². The first kappa shape index (κ1) is 35.0. The smallest absolute Gasteiger partial charge is 0.410 e. The summed E-state index contributed by atoms with van der Waals surface area (Å²) in [6.07, 6.45) is 4.19. The van der Waals surface area contributed by atoms with E-state index >= 15 is 0 Å². The molecular weight excluding hydrogens is 694 g/mol. The number of nitrogens with zero attached hydrogens (tertiary/aromatic N) is 4. The average molecular weight is 741 g/mol. The number of ether oxygens (including phenoxy) is 1. The van der Waals surface area contributed by atoms with Gasteiger partial charge in [0.25, 0.3) is 5.91 Å². The Morgan fingerprint density at radius 1 is 0.878 bits per heavy atom. The lowest BCUT2D eigenvalue weighted by molar-refractivity contribution is -0.142. The van der Waals surface area contributed by atoms with Crippen molar-refractivity contribution in [1.29, 1.82) is 0 Å². The van der Waals surface area contributed by atoms with Gasteiger partial charge in [0.2, 0.25) is 0 Å². The van der Waals surface area contributed by atoms with Gasteiger partial charge in [-0.3, -0.25) is 9.59 Å². The lowest BCUT2D eigenvalue weighted by Crippen LogP contribution is -2.53. The molecule has 12 nitrogen and oxygen atoms in total. The molecule has 0 aliphatic carbocycles. The van der Waals surface area contributed by atoms with Crippen LogP contribution in [0, 0.1) is 5.92 Å². The zero-order chi connectivity index (χ0) is 34.5. The van der Waals surface area contributed by atoms with E-state index in [-0.39, 0.29) is 42.5 Å². The minimum Gasteiger partial charge on any atom is -0.507 e. The molecule has 2 aromatic carbocycles. The van der Waals surface area contributed by atoms with Crippen LogP contribution in [0.5, 0.6) is 5.75 Å². The molecule has 13 heteroatoms. The zero-order valence-corrected chi connectivity index (χ0v) is 29.4. The molecule has 0 spiro atoms. The molecule has 6 rings (SSSR count). The number of hydrogen-bond donors (Lipinski definition) is 3. The predicted octanol–water partition coefficient (Wildman–Crippen LogP) is 4.93. The third-order valence-corrected chi connectivity index (χ3v) is 11.3. The third kappa shape index (κ3) is 8.67. The fourth-order valence-corrected chi connectivity index (χ4v) is 8.22. The number of piperidine rings is 3. The Morgan fingerprint density at radius 3 is 2.24 bits per heavy atom. The highest BCUT2D eigenvalue weighted by Crippen LogP contribution is 2.29. The minimum atomic E-state index is -1.03. The van der Waals surface area contributed by atoms with Crippen molar-refractivity contribution in [2.75, 3.05) is 51.1 Å². The van der Waals surface area contributed by atoms with Crippen LogP contribution in [0.25, 0.3) is 0 Å². The van der Waals surface area contributed by atoms with Crippen LogP contribution in [-0.4, -0.2) is 118 Å². The largest absolute Gasteiger partial charge is 0.507 e. The number of rotatable bonds is 8. The first-order valence-electron chi connectivity index (χ1n) is 17.5. The Labute approximate surface area is 295 Å². The molecule has 0 saturated carbocycles. The number of carbonyl (C=O) groups is 4. The lowest BCUT2D eigenvalue weighted by atomic mass is 9.91. The van der Waals surface area contributed by atoms with E-state index in [0.29, 0.717) is 56.1 Å². The molecule has 4 heterocycles. The highest BCUT2D eigenvalue weighted by Gasteiger charge is 2.37. The van der Waals surface area contributed by atoms with E-state index in [2.05, 4.69) is 26.1 Å². The molecule has 0 unspecified atom stereocenters. The Kier molecular flexibility index (Phi) is 11.3. The van der Waals surface area contributed by atoms with Gasteiger partial charge in [0, 0.05) is 63.3 Å². The Bertz CT molecular complexity index is 1520. The van der Waals surface area contributed by atoms with E-state index < -0.39 is 18.2 Å². The van der Waals surface area contributed by atoms with Gasteiger partial charge in [-0.1, -0.05) is 24.3 Å². The zero-order valence-electron chi connectivity index (χ0n) is 27.8. The van der Waals surface area contributed by atoms with Crippen LogP contribution in [0.15, 0.2) is 46.9 Å². The summed E-state index contributed by atoms with van der Waals surface area (Å²) < 4.78 is 6.49. The van der Waals surface area contributed by atoms with Crippen molar-refractivity contribution in [3.05, 3.63) is 58.1 Å². The number of anilines is 1. The molecule has 4 aliphatic rings. The van der Waals surface area contributed by atoms with E-state index in [9.17, 15) is 24.3 Å². The van der Waals surface area contributed by atoms with Crippen LogP contribution in [0.3, 0.4) is 0 Å². The molecule has 49 heavy (non-hydrogen) atoms. The highest BCUT2D eigenvalue weighted by atomic mass is 79.9. The summed E-state index contributed by atoms with van der Waals surface area (Å²) in [5.41, 5.74) is 2.70. The third-order valence-electron chi connectivity index (χ3n) is 10.7. The van der Waals surface area contributed by atoms with Gasteiger partial charge in [-0.2, -0.15) is 0 Å². The van der Waals surface area contributed by atoms with E-state index in [1.54, 1.807) is 28.0 Å². The second-order valence-electron chi connectivity index (χ2n) is 13.7. The molecule has 3 saturated heterocycles. The highest BCUT2D eigenvalue weighted by molar-refractivity contribution is 9.10. The number of carbonyl (C=O) groups excluding carboxylic acids is 3. The predicted molar refractivity (Wildman–Crippen MR) is 186 cm³/mol. The number of fused-ring (bicyclic) bond motifs is 1. The van der Waals surface area contributed by atoms with Gasteiger partial charge in [-0.15, -0.1) is 0 Å². The summed E-state index contributed by atoms with van der Waals surface area (Å²) in [5, 5.41) is 22.2. The molecule has 0 radical (unpaired) electrons. The topological polar surface area (TPSA) is 143 Å². The number of benzene rings is 2. The summed E-state index contributed by atoms with van der Waals surface area (Å²) in [7, 11) is 0. The average Bonchev–Trinajstić information content (AvgIpc) is 3.27. The molecule has 3 N–H and O–H groups in total. The van der Waals surface area contributed by atoms with Gasteiger partial charge in [-0.25, -0.2) is 9.59 Å². The van der Waals surface area contributed by atoms with E-state index in [1.807, 2.05) is 29.2 Å². The number of para-hydroxylation sites is 1. The lowest BCUT2D eigenvalue weighted by Gasteiger charge is -2.42. The van der Waals surface area contributed by atoms with Crippen LogP contribution in [0.2, 0.25) is 0 Å². The monoisotopic (exact) mass is 739 g/mol. The summed E-state index contributed by atoms with van der Waals surface area (Å²) in [6.45, 7) is 4.30. The van der Waals surface area contributed by atoms with E-state index in [0.717, 1.165) is 62.0 Å². The van der Waals surface area contributed by atoms with Crippen LogP contribution in [0.1, 0.15) is 56.1 Å². The molecule has 4 amide bonds. The second kappa shape index (κ2) is 15.8. The number of phenolic OH excluding ortho intramolecular Hbond substituents is 1. The van der Waals surface area contributed by atoms with Crippen molar-refractivity contribution in [1.82, 2.24) is 19.6 Å². The molecule has 3 fully saturated rings. The van der Waals surface area contributed by atoms with E-state index in [1.165, 1.54) is 0 Å². The Balaban J connectivity index is 1.05. The van der Waals surface area contributed by atoms with Crippen LogP contribution >= 0.6 is 15.9 Å². The number of aromatic hydroxyl groups is 1. The number of carboxylic acid groups (broad SMARTS) is 1. The maximum absolute atomic E-state index is 14.0. The van der Waals surface area contributed by atoms with Crippen molar-refractivity contribution in [2.45, 2.75) is 76.0 Å². The van der Waals surface area contributed by atoms with Crippen molar-refractivity contribution in [2.24, 2.45) is 5.92 Å². The van der Waals surface area contributed by atoms with Gasteiger partial charge < -0.3 is 39.9 Å². The van der Waals surface area contributed by atoms with Gasteiger partial charge in [0.05, 0.1) is 4.47 Å². The number of carboxylic acids is 1. The van der Waals surface area contributed by atoms with Gasteiger partial charge in [0.15, 0.2) is 6.10 Å². The summed E-state index contributed by atoms with van der Waals surface area (Å²) >= 11 is 3.35. The van der Waals surface area contributed by atoms with Crippen molar-refractivity contribution >= 4 is 45.6 Å². The Morgan fingerprint density at radius 2 is 1.55 bits per heavy atom. The SMILES string of the molecule is O=C(O)CC1CCN(C2CCN(C(=O)[C@@H](Cc3ccc(O)c(Br)c3)OC(=O)N3CCC(N4CCc5ccccc5NC4=O)CC3)CC2)CC1. The standard InChI is InChI=1S/C36H46BrN5O7/c37-29-21-25(5-6-31(29)43)22-32(34(46)40-16-10-27(11-17-40)39-14-7-24(8-15-39)23-33(44)45)49-36(48)41-18-12-28(13-19-41)42-20-9-26-3-1-2-4-30(26)38-35(42)47/h1-6,21,24,27-28,32,43H,7-20,22-23H2,(H,38,47)(H,44,45)/t32-/m1/s1. The van der Waals surface area contributed by atoms with Gasteiger partial charge in [0.1, 0.15) is 5.75 Å². The molecule has 4 aliphatic heterocycles. The molecule has 1 atom stereocenters. The number of nitrogens with one attached hydrogen (secondary N) is 1. The normalized spacial score (nSPS) is 20.7. The maximum Gasteiger partial charge on any atom is 0.410 e. The molecule has 0 aromatic heterocycles. The summed E-state index contributed by atoms with van der Waals surface area (Å²) in [6, 6.07) is 13.1. The molecule has 264 valence electrons. The van der Waals surface area contributed by atoms with Crippen molar-refractivity contribution in [3.8, 4) is 5.75 Å². The molecule has 0 bridgehead atoms. The number of likely N-dealkylation sites (tertiary alicyclic amines) is 3. The minimum absolute atomic E-state index is 0.00519. The summed E-state index contributed by atoms with van der Waals surface area (Å²) in [5.74, 6) is -0.657. The Hall–Kier alpha value is -3.84. The van der Waals surface area contributed by atoms with Crippen LogP contribution in [0.4, 0.5) is 15.3 Å². The van der Waals surface area contributed by atoms with Crippen molar-refractivity contribution < 1.29 is 34.1 Å². The first-order chi connectivity index (χ1) is 23.6. The second-order valence-corrected chi connectivity index (χ2v) is 14.6. The van der Waals surface area contributed by atoms with Crippen LogP contribution < -0.4 is 5.32 Å². The maximum atomic E-state index is 14.0. The number of amides is 4. The molecule has 2 aromatic rings. The first-order valence-corrected chi connectivity index (χ1v) is 18.3. The quantitative estimate of drug-likeness (QED) is 0.346. The number of urea groups is 1. The van der Waals surface area contributed by atoms with Crippen LogP contribution in [-0.2, 0) is 27.2 Å². The van der Waals surface area contributed by atoms with E-state index in [4.69, 9.17) is 9.84 Å². The molecular formula is C36H46BrN5O7. The fraction of sp³-hybridized carbons (Fsp3) is 0.556.